The molecule has 3 aromatic rings. The standard InChI is InChI=1S/C15H10ClF2N5O2/c16-12-7-10(4-5-13(12)25-15(17)18)20-14(24)9-2-1-3-11(6-9)23-8-19-21-22-23/h1-8,15H,(H,20,24). The summed E-state index contributed by atoms with van der Waals surface area (Å²) in [6.07, 6.45) is 1.40. The number of aromatic nitrogens is 4. The highest BCUT2D eigenvalue weighted by molar-refractivity contribution is 6.32. The normalized spacial score (nSPS) is 10.7. The fraction of sp³-hybridized carbons (Fsp3) is 0.0667. The van der Waals surface area contributed by atoms with Crippen molar-refractivity contribution in [3.63, 3.8) is 0 Å². The number of amides is 1. The van der Waals surface area contributed by atoms with Gasteiger partial charge in [0.1, 0.15) is 12.1 Å². The van der Waals surface area contributed by atoms with Crippen LogP contribution < -0.4 is 10.1 Å². The predicted octanol–water partition coefficient (Wildman–Crippen LogP) is 3.17. The molecule has 25 heavy (non-hydrogen) atoms. The van der Waals surface area contributed by atoms with Gasteiger partial charge in [-0.3, -0.25) is 4.79 Å². The van der Waals surface area contributed by atoms with E-state index in [-0.39, 0.29) is 10.8 Å². The second kappa shape index (κ2) is 7.22. The summed E-state index contributed by atoms with van der Waals surface area (Å²) < 4.78 is 30.1. The minimum Gasteiger partial charge on any atom is -0.433 e. The van der Waals surface area contributed by atoms with Crippen LogP contribution in [0.1, 0.15) is 10.4 Å². The van der Waals surface area contributed by atoms with Gasteiger partial charge in [0.05, 0.1) is 10.7 Å². The molecule has 1 amide bonds. The first-order chi connectivity index (χ1) is 12.0. The maximum absolute atomic E-state index is 12.3. The third-order valence-electron chi connectivity index (χ3n) is 3.13. The molecule has 0 saturated heterocycles. The van der Waals surface area contributed by atoms with Crippen LogP contribution in [-0.4, -0.2) is 32.7 Å². The highest BCUT2D eigenvalue weighted by Gasteiger charge is 2.12. The van der Waals surface area contributed by atoms with Gasteiger partial charge in [-0.1, -0.05) is 17.7 Å². The second-order valence-electron chi connectivity index (χ2n) is 4.78. The number of ether oxygens (including phenoxy) is 1. The van der Waals surface area contributed by atoms with Gasteiger partial charge in [-0.15, -0.1) is 5.10 Å². The summed E-state index contributed by atoms with van der Waals surface area (Å²) in [6.45, 7) is -2.98. The van der Waals surface area contributed by atoms with Crippen LogP contribution in [-0.2, 0) is 0 Å². The molecular formula is C15H10ClF2N5O2. The molecule has 128 valence electrons. The number of carbonyl (C=O) groups excluding carboxylic acids is 1. The highest BCUT2D eigenvalue weighted by atomic mass is 35.5. The molecule has 0 unspecified atom stereocenters. The van der Waals surface area contributed by atoms with Crippen LogP contribution in [0.5, 0.6) is 5.75 Å². The van der Waals surface area contributed by atoms with Crippen molar-refractivity contribution in [3.05, 3.63) is 59.4 Å². The molecule has 0 spiro atoms. The van der Waals surface area contributed by atoms with Gasteiger partial charge in [0.15, 0.2) is 0 Å². The number of tetrazole rings is 1. The van der Waals surface area contributed by atoms with Crippen LogP contribution in [0.4, 0.5) is 14.5 Å². The summed E-state index contributed by atoms with van der Waals surface area (Å²) in [6, 6.07) is 10.6. The van der Waals surface area contributed by atoms with E-state index in [1.54, 1.807) is 24.3 Å². The number of carbonyl (C=O) groups is 1. The Labute approximate surface area is 145 Å². The van der Waals surface area contributed by atoms with Crippen molar-refractivity contribution in [3.8, 4) is 11.4 Å². The van der Waals surface area contributed by atoms with Gasteiger partial charge in [0, 0.05) is 11.3 Å². The minimum absolute atomic E-state index is 0.0412. The lowest BCUT2D eigenvalue weighted by atomic mass is 10.2. The SMILES string of the molecule is O=C(Nc1ccc(OC(F)F)c(Cl)c1)c1cccc(-n2cnnn2)c1. The van der Waals surface area contributed by atoms with Gasteiger partial charge in [-0.2, -0.15) is 8.78 Å². The molecule has 0 aliphatic carbocycles. The number of halogens is 3. The molecule has 0 radical (unpaired) electrons. The second-order valence-corrected chi connectivity index (χ2v) is 5.19. The van der Waals surface area contributed by atoms with E-state index in [4.69, 9.17) is 11.6 Å². The lowest BCUT2D eigenvalue weighted by Gasteiger charge is -2.10. The number of hydrogen-bond acceptors (Lipinski definition) is 5. The molecule has 0 aliphatic heterocycles. The molecule has 2 aromatic carbocycles. The molecule has 0 atom stereocenters. The predicted molar refractivity (Wildman–Crippen MR) is 85.2 cm³/mol. The van der Waals surface area contributed by atoms with Crippen molar-refractivity contribution >= 4 is 23.2 Å². The molecule has 0 bridgehead atoms. The number of anilines is 1. The summed E-state index contributed by atoms with van der Waals surface area (Å²) in [4.78, 5) is 12.3. The Bertz CT molecular complexity index is 889. The molecule has 0 aliphatic rings. The fourth-order valence-corrected chi connectivity index (χ4v) is 2.27. The molecule has 1 N–H and O–H groups in total. The molecular weight excluding hydrogens is 356 g/mol. The molecule has 10 heteroatoms. The molecule has 0 saturated carbocycles. The van der Waals surface area contributed by atoms with Gasteiger partial charge in [-0.05, 0) is 46.8 Å². The van der Waals surface area contributed by atoms with Gasteiger partial charge >= 0.3 is 6.61 Å². The number of benzene rings is 2. The van der Waals surface area contributed by atoms with Gasteiger partial charge in [0.2, 0.25) is 0 Å². The first kappa shape index (κ1) is 16.8. The summed E-state index contributed by atoms with van der Waals surface area (Å²) in [5.41, 5.74) is 1.30. The average molecular weight is 366 g/mol. The number of rotatable bonds is 5. The van der Waals surface area contributed by atoms with E-state index in [1.807, 2.05) is 0 Å². The van der Waals surface area contributed by atoms with Crippen molar-refractivity contribution in [1.29, 1.82) is 0 Å². The minimum atomic E-state index is -2.98. The van der Waals surface area contributed by atoms with Gasteiger partial charge in [0.25, 0.3) is 5.91 Å². The lowest BCUT2D eigenvalue weighted by molar-refractivity contribution is -0.0497. The van der Waals surface area contributed by atoms with E-state index in [0.29, 0.717) is 16.9 Å². The lowest BCUT2D eigenvalue weighted by Crippen LogP contribution is -2.12. The Morgan fingerprint density at radius 2 is 2.08 bits per heavy atom. The quantitative estimate of drug-likeness (QED) is 0.751. The van der Waals surface area contributed by atoms with Crippen LogP contribution in [0.3, 0.4) is 0 Å². The Morgan fingerprint density at radius 1 is 1.24 bits per heavy atom. The Hall–Kier alpha value is -3.07. The first-order valence-corrected chi connectivity index (χ1v) is 7.30. The maximum atomic E-state index is 12.3. The van der Waals surface area contributed by atoms with E-state index >= 15 is 0 Å². The van der Waals surface area contributed by atoms with Crippen LogP contribution >= 0.6 is 11.6 Å². The van der Waals surface area contributed by atoms with E-state index in [2.05, 4.69) is 25.6 Å². The molecule has 0 fully saturated rings. The summed E-state index contributed by atoms with van der Waals surface area (Å²) in [5.74, 6) is -0.580. The topological polar surface area (TPSA) is 81.9 Å². The van der Waals surface area contributed by atoms with Crippen LogP contribution in [0.2, 0.25) is 5.02 Å². The Balaban J connectivity index is 1.76. The maximum Gasteiger partial charge on any atom is 0.387 e. The van der Waals surface area contributed by atoms with Crippen molar-refractivity contribution in [2.45, 2.75) is 6.61 Å². The van der Waals surface area contributed by atoms with E-state index in [1.165, 1.54) is 29.2 Å². The van der Waals surface area contributed by atoms with Crippen LogP contribution in [0.15, 0.2) is 48.8 Å². The van der Waals surface area contributed by atoms with E-state index < -0.39 is 12.5 Å². The largest absolute Gasteiger partial charge is 0.433 e. The third kappa shape index (κ3) is 4.07. The first-order valence-electron chi connectivity index (χ1n) is 6.92. The average Bonchev–Trinajstić information content (AvgIpc) is 3.12. The zero-order chi connectivity index (χ0) is 17.8. The molecule has 7 nitrogen and oxygen atoms in total. The van der Waals surface area contributed by atoms with E-state index in [0.717, 1.165) is 0 Å². The zero-order valence-electron chi connectivity index (χ0n) is 12.4. The van der Waals surface area contributed by atoms with Crippen LogP contribution in [0.25, 0.3) is 5.69 Å². The van der Waals surface area contributed by atoms with Crippen molar-refractivity contribution in [2.75, 3.05) is 5.32 Å². The number of hydrogen-bond donors (Lipinski definition) is 1. The van der Waals surface area contributed by atoms with Gasteiger partial charge in [-0.25, -0.2) is 4.68 Å². The molecule has 1 heterocycles. The number of alkyl halides is 2. The third-order valence-corrected chi connectivity index (χ3v) is 3.42. The van der Waals surface area contributed by atoms with Gasteiger partial charge < -0.3 is 10.1 Å². The highest BCUT2D eigenvalue weighted by Crippen LogP contribution is 2.29. The van der Waals surface area contributed by atoms with Crippen LogP contribution in [0, 0.1) is 0 Å². The Kier molecular flexibility index (Phi) is 4.85. The van der Waals surface area contributed by atoms with Crippen molar-refractivity contribution in [1.82, 2.24) is 20.2 Å². The van der Waals surface area contributed by atoms with E-state index in [9.17, 15) is 13.6 Å². The summed E-state index contributed by atoms with van der Waals surface area (Å²) >= 11 is 5.86. The monoisotopic (exact) mass is 365 g/mol. The fourth-order valence-electron chi connectivity index (χ4n) is 2.04. The van der Waals surface area contributed by atoms with Crippen molar-refractivity contribution in [2.24, 2.45) is 0 Å². The van der Waals surface area contributed by atoms with Crippen molar-refractivity contribution < 1.29 is 18.3 Å². The zero-order valence-corrected chi connectivity index (χ0v) is 13.2. The summed E-state index contributed by atoms with van der Waals surface area (Å²) in [7, 11) is 0. The summed E-state index contributed by atoms with van der Waals surface area (Å²) in [5, 5.41) is 13.4. The molecule has 3 rings (SSSR count). The smallest absolute Gasteiger partial charge is 0.387 e. The Morgan fingerprint density at radius 3 is 2.76 bits per heavy atom. The number of nitrogens with zero attached hydrogens (tertiary/aromatic N) is 4. The number of nitrogens with one attached hydrogen (secondary N) is 1. The molecule has 1 aromatic heterocycles.